The molecule has 6 heteroatoms. The molecule has 0 fully saturated rings. The highest BCUT2D eigenvalue weighted by molar-refractivity contribution is 5.97. The summed E-state index contributed by atoms with van der Waals surface area (Å²) in [6, 6.07) is 3.90. The van der Waals surface area contributed by atoms with E-state index in [4.69, 9.17) is 4.74 Å². The van der Waals surface area contributed by atoms with Crippen LogP contribution in [0.3, 0.4) is 0 Å². The van der Waals surface area contributed by atoms with E-state index in [1.54, 1.807) is 14.1 Å². The van der Waals surface area contributed by atoms with Crippen LogP contribution in [0.5, 0.6) is 5.75 Å². The molecule has 0 radical (unpaired) electrons. The Kier molecular flexibility index (Phi) is 3.44. The number of methoxy groups -OCH3 is 1. The molecule has 0 saturated heterocycles. The van der Waals surface area contributed by atoms with Crippen LogP contribution in [-0.4, -0.2) is 36.9 Å². The highest BCUT2D eigenvalue weighted by Gasteiger charge is 2.17. The van der Waals surface area contributed by atoms with Gasteiger partial charge in [-0.2, -0.15) is 0 Å². The third-order valence-corrected chi connectivity index (χ3v) is 2.03. The number of rotatable bonds is 3. The number of benzene rings is 1. The van der Waals surface area contributed by atoms with Crippen LogP contribution in [-0.2, 0) is 0 Å². The summed E-state index contributed by atoms with van der Waals surface area (Å²) in [6.45, 7) is 0. The lowest BCUT2D eigenvalue weighted by molar-refractivity contribution is -0.384. The Morgan fingerprint density at radius 3 is 2.50 bits per heavy atom. The standard InChI is InChI=1S/C10H12N2O4/c1-11(2)10(13)8-5-4-7(12(14)15)6-9(8)16-3/h4-6H,1-3H3. The average molecular weight is 224 g/mol. The van der Waals surface area contributed by atoms with Gasteiger partial charge in [-0.3, -0.25) is 14.9 Å². The summed E-state index contributed by atoms with van der Waals surface area (Å²) in [7, 11) is 4.57. The second kappa shape index (κ2) is 4.61. The first kappa shape index (κ1) is 12.0. The lowest BCUT2D eigenvalue weighted by Gasteiger charge is -2.12. The average Bonchev–Trinajstić information content (AvgIpc) is 2.26. The van der Waals surface area contributed by atoms with Gasteiger partial charge in [0, 0.05) is 20.2 Å². The number of ether oxygens (including phenoxy) is 1. The molecule has 0 heterocycles. The third kappa shape index (κ3) is 2.28. The van der Waals surface area contributed by atoms with Gasteiger partial charge in [0.05, 0.1) is 23.7 Å². The van der Waals surface area contributed by atoms with Crippen LogP contribution in [0.1, 0.15) is 10.4 Å². The van der Waals surface area contributed by atoms with E-state index in [0.29, 0.717) is 5.56 Å². The molecule has 0 aliphatic rings. The van der Waals surface area contributed by atoms with Gasteiger partial charge in [0.25, 0.3) is 11.6 Å². The van der Waals surface area contributed by atoms with Crippen molar-refractivity contribution < 1.29 is 14.5 Å². The van der Waals surface area contributed by atoms with Crippen molar-refractivity contribution in [3.63, 3.8) is 0 Å². The molecule has 0 aliphatic heterocycles. The van der Waals surface area contributed by atoms with E-state index < -0.39 is 4.92 Å². The fourth-order valence-electron chi connectivity index (χ4n) is 1.21. The Morgan fingerprint density at radius 2 is 2.06 bits per heavy atom. The zero-order valence-corrected chi connectivity index (χ0v) is 9.26. The zero-order valence-electron chi connectivity index (χ0n) is 9.26. The summed E-state index contributed by atoms with van der Waals surface area (Å²) in [5, 5.41) is 10.5. The molecule has 1 rings (SSSR count). The number of nitro benzene ring substituents is 1. The Morgan fingerprint density at radius 1 is 1.44 bits per heavy atom. The van der Waals surface area contributed by atoms with Crippen LogP contribution >= 0.6 is 0 Å². The number of nitro groups is 1. The summed E-state index contributed by atoms with van der Waals surface area (Å²) < 4.78 is 4.96. The second-order valence-electron chi connectivity index (χ2n) is 3.34. The predicted octanol–water partition coefficient (Wildman–Crippen LogP) is 1.31. The molecule has 0 saturated carbocycles. The van der Waals surface area contributed by atoms with E-state index in [2.05, 4.69) is 0 Å². The maximum atomic E-state index is 11.7. The molecule has 16 heavy (non-hydrogen) atoms. The molecular formula is C10H12N2O4. The summed E-state index contributed by atoms with van der Waals surface area (Å²) in [5.74, 6) is -0.0559. The Balaban J connectivity index is 3.22. The van der Waals surface area contributed by atoms with Gasteiger partial charge in [-0.1, -0.05) is 0 Å². The number of amides is 1. The summed E-state index contributed by atoms with van der Waals surface area (Å²) in [5.41, 5.74) is 0.199. The van der Waals surface area contributed by atoms with Crippen LogP contribution in [0, 0.1) is 10.1 Å². The summed E-state index contributed by atoms with van der Waals surface area (Å²) >= 11 is 0. The maximum absolute atomic E-state index is 11.7. The molecule has 0 atom stereocenters. The lowest BCUT2D eigenvalue weighted by atomic mass is 10.1. The first-order valence-corrected chi connectivity index (χ1v) is 4.51. The number of nitrogens with zero attached hydrogens (tertiary/aromatic N) is 2. The SMILES string of the molecule is COc1cc([N+](=O)[O-])ccc1C(=O)N(C)C. The number of carbonyl (C=O) groups is 1. The summed E-state index contributed by atoms with van der Waals surface area (Å²) in [6.07, 6.45) is 0. The second-order valence-corrected chi connectivity index (χ2v) is 3.34. The quantitative estimate of drug-likeness (QED) is 0.573. The van der Waals surface area contributed by atoms with Gasteiger partial charge in [-0.05, 0) is 6.07 Å². The molecule has 86 valence electrons. The van der Waals surface area contributed by atoms with E-state index in [1.165, 1.54) is 30.2 Å². The molecule has 0 bridgehead atoms. The highest BCUT2D eigenvalue weighted by Crippen LogP contribution is 2.25. The molecule has 0 unspecified atom stereocenters. The third-order valence-electron chi connectivity index (χ3n) is 2.03. The molecule has 1 aromatic carbocycles. The van der Waals surface area contributed by atoms with Gasteiger partial charge in [0.15, 0.2) is 0 Å². The first-order chi connectivity index (χ1) is 7.47. The smallest absolute Gasteiger partial charge is 0.273 e. The van der Waals surface area contributed by atoms with E-state index in [9.17, 15) is 14.9 Å². The van der Waals surface area contributed by atoms with Gasteiger partial charge >= 0.3 is 0 Å². The Hall–Kier alpha value is -2.11. The van der Waals surface area contributed by atoms with Crippen molar-refractivity contribution in [2.45, 2.75) is 0 Å². The van der Waals surface area contributed by atoms with Crippen molar-refractivity contribution >= 4 is 11.6 Å². The molecule has 0 N–H and O–H groups in total. The summed E-state index contributed by atoms with van der Waals surface area (Å²) in [4.78, 5) is 23.1. The first-order valence-electron chi connectivity index (χ1n) is 4.51. The van der Waals surface area contributed by atoms with Crippen LogP contribution in [0.4, 0.5) is 5.69 Å². The fraction of sp³-hybridized carbons (Fsp3) is 0.300. The number of hydrogen-bond donors (Lipinski definition) is 0. The number of carbonyl (C=O) groups excluding carboxylic acids is 1. The maximum Gasteiger partial charge on any atom is 0.273 e. The Bertz CT molecular complexity index is 429. The molecule has 1 aromatic rings. The van der Waals surface area contributed by atoms with Crippen LogP contribution in [0.2, 0.25) is 0 Å². The van der Waals surface area contributed by atoms with Crippen LogP contribution < -0.4 is 4.74 Å². The lowest BCUT2D eigenvalue weighted by Crippen LogP contribution is -2.22. The van der Waals surface area contributed by atoms with Crippen molar-refractivity contribution in [1.29, 1.82) is 0 Å². The zero-order chi connectivity index (χ0) is 12.3. The van der Waals surface area contributed by atoms with Crippen molar-refractivity contribution in [2.75, 3.05) is 21.2 Å². The number of hydrogen-bond acceptors (Lipinski definition) is 4. The van der Waals surface area contributed by atoms with Crippen molar-refractivity contribution in [2.24, 2.45) is 0 Å². The van der Waals surface area contributed by atoms with Gasteiger partial charge in [0.1, 0.15) is 5.75 Å². The largest absolute Gasteiger partial charge is 0.496 e. The van der Waals surface area contributed by atoms with Gasteiger partial charge < -0.3 is 9.64 Å². The van der Waals surface area contributed by atoms with Crippen LogP contribution in [0.25, 0.3) is 0 Å². The molecule has 1 amide bonds. The minimum absolute atomic E-state index is 0.104. The minimum atomic E-state index is -0.535. The fourth-order valence-corrected chi connectivity index (χ4v) is 1.21. The normalized spacial score (nSPS) is 9.69. The highest BCUT2D eigenvalue weighted by atomic mass is 16.6. The van der Waals surface area contributed by atoms with Gasteiger partial charge in [-0.25, -0.2) is 0 Å². The van der Waals surface area contributed by atoms with Gasteiger partial charge in [-0.15, -0.1) is 0 Å². The monoisotopic (exact) mass is 224 g/mol. The number of non-ortho nitro benzene ring substituents is 1. The van der Waals surface area contributed by atoms with E-state index in [1.807, 2.05) is 0 Å². The van der Waals surface area contributed by atoms with Gasteiger partial charge in [0.2, 0.25) is 0 Å². The molecule has 6 nitrogen and oxygen atoms in total. The minimum Gasteiger partial charge on any atom is -0.496 e. The Labute approximate surface area is 92.6 Å². The predicted molar refractivity (Wildman–Crippen MR) is 57.7 cm³/mol. The van der Waals surface area contributed by atoms with E-state index in [0.717, 1.165) is 0 Å². The molecular weight excluding hydrogens is 212 g/mol. The molecule has 0 aromatic heterocycles. The van der Waals surface area contributed by atoms with Crippen molar-refractivity contribution in [3.05, 3.63) is 33.9 Å². The molecule has 0 aliphatic carbocycles. The molecule has 0 spiro atoms. The van der Waals surface area contributed by atoms with Crippen molar-refractivity contribution in [3.8, 4) is 5.75 Å². The van der Waals surface area contributed by atoms with E-state index >= 15 is 0 Å². The van der Waals surface area contributed by atoms with Crippen molar-refractivity contribution in [1.82, 2.24) is 4.90 Å². The topological polar surface area (TPSA) is 72.7 Å². The van der Waals surface area contributed by atoms with Crippen LogP contribution in [0.15, 0.2) is 18.2 Å². The van der Waals surface area contributed by atoms with E-state index in [-0.39, 0.29) is 17.3 Å².